The fourth-order valence-corrected chi connectivity index (χ4v) is 12.9. The van der Waals surface area contributed by atoms with Gasteiger partial charge in [-0.15, -0.1) is 0 Å². The van der Waals surface area contributed by atoms with E-state index in [1.54, 1.807) is 0 Å². The Bertz CT molecular complexity index is 1220. The van der Waals surface area contributed by atoms with Crippen LogP contribution in [0.4, 0.5) is 4.39 Å². The normalized spacial score (nSPS) is 52.7. The number of aliphatic hydroxyl groups is 4. The van der Waals surface area contributed by atoms with E-state index < -0.39 is 54.7 Å². The second-order valence-electron chi connectivity index (χ2n) is 18.4. The first-order chi connectivity index (χ1) is 20.8. The lowest BCUT2D eigenvalue weighted by Crippen LogP contribution is -2.67. The molecule has 5 N–H and O–H groups in total. The van der Waals surface area contributed by atoms with Crippen molar-refractivity contribution in [3.05, 3.63) is 11.6 Å². The first-order valence-corrected chi connectivity index (χ1v) is 17.7. The van der Waals surface area contributed by atoms with Crippen LogP contribution in [0.2, 0.25) is 0 Å². The first kappa shape index (κ1) is 33.8. The first-order valence-electron chi connectivity index (χ1n) is 17.7. The maximum Gasteiger partial charge on any atom is 0.310 e. The summed E-state index contributed by atoms with van der Waals surface area (Å²) in [5.74, 6) is -0.0683. The number of hydrogen-bond donors (Lipinski definition) is 5. The van der Waals surface area contributed by atoms with Crippen molar-refractivity contribution in [3.8, 4) is 0 Å². The molecule has 5 fully saturated rings. The van der Waals surface area contributed by atoms with Crippen LogP contribution < -0.4 is 0 Å². The number of ether oxygens (including phenoxy) is 1. The second kappa shape index (κ2) is 10.7. The van der Waals surface area contributed by atoms with Gasteiger partial charge in [-0.25, -0.2) is 4.39 Å². The van der Waals surface area contributed by atoms with E-state index in [0.29, 0.717) is 18.3 Å². The van der Waals surface area contributed by atoms with E-state index in [9.17, 15) is 34.7 Å². The van der Waals surface area contributed by atoms with Crippen molar-refractivity contribution in [2.24, 2.45) is 56.2 Å². The summed E-state index contributed by atoms with van der Waals surface area (Å²) in [6, 6.07) is 0. The van der Waals surface area contributed by atoms with Gasteiger partial charge >= 0.3 is 5.97 Å². The van der Waals surface area contributed by atoms with Gasteiger partial charge in [0.2, 0.25) is 0 Å². The summed E-state index contributed by atoms with van der Waals surface area (Å²) in [6.07, 6.45) is 3.13. The number of halogens is 1. The Morgan fingerprint density at radius 3 is 2.22 bits per heavy atom. The topological polar surface area (TPSA) is 127 Å². The van der Waals surface area contributed by atoms with Gasteiger partial charge in [0.15, 0.2) is 0 Å². The van der Waals surface area contributed by atoms with Crippen LogP contribution in [0.1, 0.15) is 113 Å². The van der Waals surface area contributed by atoms with Crippen molar-refractivity contribution in [3.63, 3.8) is 0 Å². The number of carbonyl (C=O) groups is 1. The van der Waals surface area contributed by atoms with E-state index >= 15 is 0 Å². The minimum atomic E-state index is -1.58. The monoisotopic (exact) mass is 634 g/mol. The number of allylic oxidation sites excluding steroid dienone is 2. The molecule has 0 aromatic carbocycles. The van der Waals surface area contributed by atoms with Crippen LogP contribution >= 0.6 is 0 Å². The highest BCUT2D eigenvalue weighted by Crippen LogP contribution is 2.76. The molecule has 5 aliphatic carbocycles. The highest BCUT2D eigenvalue weighted by molar-refractivity contribution is 5.76. The molecule has 7 nitrogen and oxygen atoms in total. The van der Waals surface area contributed by atoms with Crippen molar-refractivity contribution >= 4 is 5.97 Å². The van der Waals surface area contributed by atoms with Crippen molar-refractivity contribution in [2.75, 3.05) is 6.67 Å². The lowest BCUT2D eigenvalue weighted by Gasteiger charge is -2.71. The molecule has 256 valence electrons. The Labute approximate surface area is 269 Å². The third-order valence-corrected chi connectivity index (χ3v) is 15.8. The molecule has 0 bridgehead atoms. The quantitative estimate of drug-likeness (QED) is 0.252. The predicted octanol–water partition coefficient (Wildman–Crippen LogP) is 5.67. The summed E-state index contributed by atoms with van der Waals surface area (Å²) in [5, 5.41) is 53.8. The molecule has 6 aliphatic rings. The average molecular weight is 635 g/mol. The van der Waals surface area contributed by atoms with E-state index in [2.05, 4.69) is 54.5 Å². The van der Waals surface area contributed by atoms with E-state index in [0.717, 1.165) is 57.8 Å². The SMILES string of the molecule is CC1(C)CC[C@]2(C(=O)O)CC[C@]3(C)C(=CCC4[C@@]5(C)CC[C@H]([C@H](O)[C@@H]6OC(CF)[C@@H](O)[C@H](O)C6O)C(C)(C)C5CC[C@]43C)C2C1. The summed E-state index contributed by atoms with van der Waals surface area (Å²) in [5.41, 5.74) is 0.507. The van der Waals surface area contributed by atoms with Gasteiger partial charge in [-0.3, -0.25) is 4.79 Å². The van der Waals surface area contributed by atoms with Gasteiger partial charge in [0, 0.05) is 0 Å². The Morgan fingerprint density at radius 1 is 0.911 bits per heavy atom. The van der Waals surface area contributed by atoms with Gasteiger partial charge < -0.3 is 30.3 Å². The molecule has 1 aliphatic heterocycles. The number of carboxylic acid groups (broad SMARTS) is 1. The van der Waals surface area contributed by atoms with Crippen LogP contribution in [0.25, 0.3) is 0 Å². The largest absolute Gasteiger partial charge is 0.481 e. The maximum absolute atomic E-state index is 13.7. The number of aliphatic hydroxyl groups excluding tert-OH is 4. The number of carboxylic acids is 1. The summed E-state index contributed by atoms with van der Waals surface area (Å²) < 4.78 is 19.4. The molecule has 1 saturated heterocycles. The number of alkyl halides is 1. The standard InChI is InChI=1S/C37H59FO7/c1-32(2)14-16-37(31(43)44)17-15-35(6)20(22(37)18-32)8-9-25-34(5)12-10-21(33(3,4)24(34)11-13-36(25,35)7)26(39)30-29(42)28(41)27(40)23(19-38)45-30/h8,21-30,39-42H,9-19H2,1-7H3,(H,43,44)/t21-,22?,23?,24?,25?,26+,27-,28+,29?,30+,34+,35-,36-,37+/m1/s1. The fourth-order valence-electron chi connectivity index (χ4n) is 12.9. The minimum absolute atomic E-state index is 0.00580. The van der Waals surface area contributed by atoms with Crippen LogP contribution in [-0.2, 0) is 9.53 Å². The molecular weight excluding hydrogens is 575 g/mol. The molecule has 6 rings (SSSR count). The van der Waals surface area contributed by atoms with E-state index in [-0.39, 0.29) is 38.9 Å². The number of aliphatic carboxylic acids is 1. The molecule has 0 aromatic heterocycles. The third kappa shape index (κ3) is 4.54. The van der Waals surface area contributed by atoms with E-state index in [1.807, 2.05) is 0 Å². The molecule has 4 saturated carbocycles. The average Bonchev–Trinajstić information content (AvgIpc) is 2.95. The molecular formula is C37H59FO7. The zero-order valence-corrected chi connectivity index (χ0v) is 28.6. The van der Waals surface area contributed by atoms with Crippen molar-refractivity contribution in [2.45, 2.75) is 149 Å². The number of rotatable bonds is 4. The molecule has 1 heterocycles. The van der Waals surface area contributed by atoms with Gasteiger partial charge in [0.25, 0.3) is 0 Å². The molecule has 0 radical (unpaired) electrons. The molecule has 5 unspecified atom stereocenters. The maximum atomic E-state index is 13.7. The van der Waals surface area contributed by atoms with Gasteiger partial charge in [-0.05, 0) is 115 Å². The molecule has 0 aromatic rings. The molecule has 14 atom stereocenters. The smallest absolute Gasteiger partial charge is 0.310 e. The fraction of sp³-hybridized carbons (Fsp3) is 0.919. The summed E-state index contributed by atoms with van der Waals surface area (Å²) in [7, 11) is 0. The predicted molar refractivity (Wildman–Crippen MR) is 169 cm³/mol. The molecule has 45 heavy (non-hydrogen) atoms. The van der Waals surface area contributed by atoms with Crippen LogP contribution in [-0.4, -0.2) is 74.8 Å². The van der Waals surface area contributed by atoms with Crippen molar-refractivity contribution in [1.29, 1.82) is 0 Å². The lowest BCUT2D eigenvalue weighted by molar-refractivity contribution is -0.265. The number of hydrogen-bond acceptors (Lipinski definition) is 6. The van der Waals surface area contributed by atoms with Gasteiger partial charge in [-0.2, -0.15) is 0 Å². The van der Waals surface area contributed by atoms with E-state index in [1.165, 1.54) is 5.57 Å². The van der Waals surface area contributed by atoms with Crippen molar-refractivity contribution < 1.29 is 39.5 Å². The highest BCUT2D eigenvalue weighted by Gasteiger charge is 2.70. The molecule has 0 amide bonds. The molecule has 0 spiro atoms. The minimum Gasteiger partial charge on any atom is -0.481 e. The van der Waals surface area contributed by atoms with Crippen LogP contribution in [0.5, 0.6) is 0 Å². The summed E-state index contributed by atoms with van der Waals surface area (Å²) in [4.78, 5) is 12.9. The summed E-state index contributed by atoms with van der Waals surface area (Å²) in [6.45, 7) is 15.4. The van der Waals surface area contributed by atoms with Gasteiger partial charge in [-0.1, -0.05) is 60.1 Å². The zero-order chi connectivity index (χ0) is 33.1. The second-order valence-corrected chi connectivity index (χ2v) is 18.4. The van der Waals surface area contributed by atoms with Crippen LogP contribution in [0.3, 0.4) is 0 Å². The summed E-state index contributed by atoms with van der Waals surface area (Å²) >= 11 is 0. The molecule has 8 heteroatoms. The Kier molecular flexibility index (Phi) is 8.06. The Hall–Kier alpha value is -1.06. The zero-order valence-electron chi connectivity index (χ0n) is 28.6. The van der Waals surface area contributed by atoms with Gasteiger partial charge in [0.05, 0.1) is 11.5 Å². The van der Waals surface area contributed by atoms with Gasteiger partial charge in [0.1, 0.15) is 37.2 Å². The Balaban J connectivity index is 1.31. The third-order valence-electron chi connectivity index (χ3n) is 15.8. The van der Waals surface area contributed by atoms with Crippen molar-refractivity contribution in [1.82, 2.24) is 0 Å². The van der Waals surface area contributed by atoms with Crippen LogP contribution in [0, 0.1) is 56.2 Å². The number of fused-ring (bicyclic) bond motifs is 7. The van der Waals surface area contributed by atoms with Crippen LogP contribution in [0.15, 0.2) is 11.6 Å². The lowest BCUT2D eigenvalue weighted by atomic mass is 9.33. The Morgan fingerprint density at radius 2 is 1.58 bits per heavy atom. The van der Waals surface area contributed by atoms with E-state index in [4.69, 9.17) is 4.74 Å². The highest BCUT2D eigenvalue weighted by atomic mass is 19.1.